The molecule has 0 radical (unpaired) electrons. The highest BCUT2D eigenvalue weighted by molar-refractivity contribution is 6.31. The zero-order valence-electron chi connectivity index (χ0n) is 19.5. The minimum atomic E-state index is -0.541. The molecule has 0 spiro atoms. The van der Waals surface area contributed by atoms with E-state index in [-0.39, 0.29) is 10.9 Å². The van der Waals surface area contributed by atoms with E-state index in [9.17, 15) is 9.18 Å². The van der Waals surface area contributed by atoms with Crippen LogP contribution in [0.3, 0.4) is 0 Å². The van der Waals surface area contributed by atoms with Crippen LogP contribution < -0.4 is 10.1 Å². The molecule has 0 aliphatic rings. The largest absolute Gasteiger partial charge is 0.493 e. The lowest BCUT2D eigenvalue weighted by Crippen LogP contribution is -2.09. The molecular weight excluding hydrogens is 453 g/mol. The van der Waals surface area contributed by atoms with Crippen molar-refractivity contribution >= 4 is 39.7 Å². The Morgan fingerprint density at radius 1 is 1.12 bits per heavy atom. The van der Waals surface area contributed by atoms with Crippen molar-refractivity contribution < 1.29 is 18.3 Å². The van der Waals surface area contributed by atoms with Crippen molar-refractivity contribution in [1.82, 2.24) is 0 Å². The van der Waals surface area contributed by atoms with Crippen LogP contribution in [0.25, 0.3) is 27.7 Å². The van der Waals surface area contributed by atoms with Crippen molar-refractivity contribution in [3.05, 3.63) is 88.4 Å². The summed E-state index contributed by atoms with van der Waals surface area (Å²) in [6.07, 6.45) is 3.24. The van der Waals surface area contributed by atoms with Crippen LogP contribution >= 0.6 is 11.6 Å². The molecule has 4 aromatic rings. The number of aryl methyl sites for hydroxylation is 2. The van der Waals surface area contributed by atoms with Crippen LogP contribution in [0.2, 0.25) is 5.02 Å². The van der Waals surface area contributed by atoms with Gasteiger partial charge in [-0.25, -0.2) is 4.39 Å². The minimum absolute atomic E-state index is 0.0542. The van der Waals surface area contributed by atoms with Crippen LogP contribution in [0.4, 0.5) is 10.1 Å². The number of carbonyl (C=O) groups excluding carboxylic acids is 1. The topological polar surface area (TPSA) is 51.5 Å². The number of hydrogen-bond donors (Lipinski definition) is 1. The van der Waals surface area contributed by atoms with Crippen molar-refractivity contribution in [2.45, 2.75) is 27.7 Å². The number of furan rings is 1. The van der Waals surface area contributed by atoms with Gasteiger partial charge in [-0.2, -0.15) is 0 Å². The molecule has 1 heterocycles. The zero-order chi connectivity index (χ0) is 24.4. The molecular formula is C28H25ClFNO3. The molecule has 0 unspecified atom stereocenters. The Kier molecular flexibility index (Phi) is 6.75. The molecule has 174 valence electrons. The molecule has 4 rings (SSSR count). The summed E-state index contributed by atoms with van der Waals surface area (Å²) in [7, 11) is 0. The first-order chi connectivity index (χ1) is 16.3. The molecule has 0 atom stereocenters. The zero-order valence-corrected chi connectivity index (χ0v) is 20.2. The number of hydrogen-bond acceptors (Lipinski definition) is 3. The summed E-state index contributed by atoms with van der Waals surface area (Å²) in [5, 5.41) is 3.60. The van der Waals surface area contributed by atoms with Gasteiger partial charge in [0.15, 0.2) is 0 Å². The fourth-order valence-electron chi connectivity index (χ4n) is 3.99. The number of anilines is 1. The second kappa shape index (κ2) is 9.74. The van der Waals surface area contributed by atoms with Crippen molar-refractivity contribution in [2.24, 2.45) is 0 Å². The number of amides is 1. The van der Waals surface area contributed by atoms with E-state index in [1.165, 1.54) is 29.8 Å². The van der Waals surface area contributed by atoms with Crippen LogP contribution in [-0.4, -0.2) is 12.5 Å². The summed E-state index contributed by atoms with van der Waals surface area (Å²) in [5.74, 6) is -0.270. The lowest BCUT2D eigenvalue weighted by Gasteiger charge is -2.12. The summed E-state index contributed by atoms with van der Waals surface area (Å²) in [6.45, 7) is 8.36. The average molecular weight is 478 g/mol. The number of fused-ring (bicyclic) bond motifs is 1. The third-order valence-corrected chi connectivity index (χ3v) is 5.90. The van der Waals surface area contributed by atoms with E-state index in [0.29, 0.717) is 29.2 Å². The average Bonchev–Trinajstić information content (AvgIpc) is 3.18. The first-order valence-electron chi connectivity index (χ1n) is 11.0. The number of carbonyl (C=O) groups is 1. The lowest BCUT2D eigenvalue weighted by atomic mass is 9.96. The molecule has 34 heavy (non-hydrogen) atoms. The number of nitrogens with one attached hydrogen (secondary N) is 1. The standard InChI is InChI=1S/C28H25ClFNO3/c1-5-33-26-14-27-22(23(15-34-27)20-8-6-16(2)10-17(20)3)13-21(26)18(4)11-28(32)31-19-7-9-25(30)24(29)12-19/h6-15H,5H2,1-4H3,(H,31,32)/b18-11+. The second-order valence-electron chi connectivity index (χ2n) is 8.19. The molecule has 0 saturated heterocycles. The smallest absolute Gasteiger partial charge is 0.248 e. The van der Waals surface area contributed by atoms with Gasteiger partial charge in [-0.3, -0.25) is 4.79 Å². The van der Waals surface area contributed by atoms with Crippen LogP contribution in [0.1, 0.15) is 30.5 Å². The molecule has 6 heteroatoms. The van der Waals surface area contributed by atoms with Crippen molar-refractivity contribution in [2.75, 3.05) is 11.9 Å². The van der Waals surface area contributed by atoms with Crippen molar-refractivity contribution in [3.8, 4) is 16.9 Å². The third-order valence-electron chi connectivity index (χ3n) is 5.61. The SMILES string of the molecule is CCOc1cc2occ(-c3ccc(C)cc3C)c2cc1/C(C)=C/C(=O)Nc1ccc(F)c(Cl)c1. The maximum absolute atomic E-state index is 13.4. The highest BCUT2D eigenvalue weighted by Gasteiger charge is 2.16. The summed E-state index contributed by atoms with van der Waals surface area (Å²) < 4.78 is 25.1. The summed E-state index contributed by atoms with van der Waals surface area (Å²) in [6, 6.07) is 14.2. The van der Waals surface area contributed by atoms with Gasteiger partial charge in [-0.1, -0.05) is 35.4 Å². The monoisotopic (exact) mass is 477 g/mol. The van der Waals surface area contributed by atoms with E-state index in [4.69, 9.17) is 20.8 Å². The van der Waals surface area contributed by atoms with Gasteiger partial charge < -0.3 is 14.5 Å². The maximum Gasteiger partial charge on any atom is 0.248 e. The van der Waals surface area contributed by atoms with E-state index < -0.39 is 5.82 Å². The van der Waals surface area contributed by atoms with Crippen molar-refractivity contribution in [1.29, 1.82) is 0 Å². The fraction of sp³-hybridized carbons (Fsp3) is 0.179. The van der Waals surface area contributed by atoms with Crippen LogP contribution in [0, 0.1) is 19.7 Å². The maximum atomic E-state index is 13.4. The molecule has 1 aromatic heterocycles. The summed E-state index contributed by atoms with van der Waals surface area (Å²) >= 11 is 5.82. The fourth-order valence-corrected chi connectivity index (χ4v) is 4.17. The molecule has 1 N–H and O–H groups in total. The number of halogens is 2. The van der Waals surface area contributed by atoms with Gasteiger partial charge >= 0.3 is 0 Å². The normalized spacial score (nSPS) is 11.6. The number of allylic oxidation sites excluding steroid dienone is 1. The quantitative estimate of drug-likeness (QED) is 0.287. The Hall–Kier alpha value is -3.57. The summed E-state index contributed by atoms with van der Waals surface area (Å²) in [5.41, 5.74) is 7.04. The van der Waals surface area contributed by atoms with Gasteiger partial charge in [0.1, 0.15) is 17.1 Å². The van der Waals surface area contributed by atoms with Gasteiger partial charge in [0.25, 0.3) is 0 Å². The van der Waals surface area contributed by atoms with E-state index >= 15 is 0 Å². The highest BCUT2D eigenvalue weighted by atomic mass is 35.5. The van der Waals surface area contributed by atoms with Crippen LogP contribution in [-0.2, 0) is 4.79 Å². The van der Waals surface area contributed by atoms with Gasteiger partial charge in [-0.15, -0.1) is 0 Å². The Labute approximate surface area is 203 Å². The van der Waals surface area contributed by atoms with Crippen LogP contribution in [0.5, 0.6) is 5.75 Å². The molecule has 1 amide bonds. The van der Waals surface area contributed by atoms with Gasteiger partial charge in [0, 0.05) is 34.3 Å². The van der Waals surface area contributed by atoms with Crippen molar-refractivity contribution in [3.63, 3.8) is 0 Å². The summed E-state index contributed by atoms with van der Waals surface area (Å²) in [4.78, 5) is 12.7. The Morgan fingerprint density at radius 3 is 2.62 bits per heavy atom. The van der Waals surface area contributed by atoms with E-state index in [2.05, 4.69) is 37.4 Å². The van der Waals surface area contributed by atoms with Gasteiger partial charge in [0.2, 0.25) is 5.91 Å². The molecule has 0 saturated carbocycles. The Balaban J connectivity index is 1.74. The van der Waals surface area contributed by atoms with Crippen LogP contribution in [0.15, 0.2) is 65.3 Å². The predicted octanol–water partition coefficient (Wildman–Crippen LogP) is 7.95. The second-order valence-corrected chi connectivity index (χ2v) is 8.60. The van der Waals surface area contributed by atoms with E-state index in [1.807, 2.05) is 26.0 Å². The minimum Gasteiger partial charge on any atom is -0.493 e. The number of rotatable bonds is 6. The van der Waals surface area contributed by atoms with E-state index in [1.54, 1.807) is 6.26 Å². The Bertz CT molecular complexity index is 1420. The molecule has 0 aliphatic carbocycles. The molecule has 0 bridgehead atoms. The third kappa shape index (κ3) is 4.85. The van der Waals surface area contributed by atoms with E-state index in [0.717, 1.165) is 27.6 Å². The van der Waals surface area contributed by atoms with Gasteiger partial charge in [0.05, 0.1) is 17.9 Å². The predicted molar refractivity (Wildman–Crippen MR) is 136 cm³/mol. The molecule has 4 nitrogen and oxygen atoms in total. The molecule has 0 aliphatic heterocycles. The molecule has 0 fully saturated rings. The number of ether oxygens (including phenoxy) is 1. The first kappa shape index (κ1) is 23.6. The first-order valence-corrected chi connectivity index (χ1v) is 11.3. The number of benzene rings is 3. The lowest BCUT2D eigenvalue weighted by molar-refractivity contribution is -0.111. The molecule has 3 aromatic carbocycles. The Morgan fingerprint density at radius 2 is 1.91 bits per heavy atom. The highest BCUT2D eigenvalue weighted by Crippen LogP contribution is 2.38. The van der Waals surface area contributed by atoms with Gasteiger partial charge in [-0.05, 0) is 68.7 Å².